The first-order chi connectivity index (χ1) is 13.6. The highest BCUT2D eigenvalue weighted by molar-refractivity contribution is 5.99. The molecule has 0 aliphatic carbocycles. The molecule has 0 unspecified atom stereocenters. The van der Waals surface area contributed by atoms with Crippen molar-refractivity contribution in [1.29, 1.82) is 0 Å². The molecule has 28 heavy (non-hydrogen) atoms. The second-order valence-corrected chi connectivity index (χ2v) is 6.73. The Hall–Kier alpha value is -3.02. The van der Waals surface area contributed by atoms with E-state index in [1.807, 2.05) is 35.2 Å². The second kappa shape index (κ2) is 9.26. The number of benzene rings is 2. The Labute approximate surface area is 165 Å². The van der Waals surface area contributed by atoms with Crippen LogP contribution in [0.3, 0.4) is 0 Å². The van der Waals surface area contributed by atoms with Crippen molar-refractivity contribution < 1.29 is 19.1 Å². The zero-order valence-electron chi connectivity index (χ0n) is 16.4. The van der Waals surface area contributed by atoms with Crippen molar-refractivity contribution in [3.63, 3.8) is 0 Å². The van der Waals surface area contributed by atoms with Crippen LogP contribution in [0.1, 0.15) is 22.3 Å². The van der Waals surface area contributed by atoms with Crippen LogP contribution in [0.2, 0.25) is 0 Å². The Morgan fingerprint density at radius 1 is 0.821 bits per heavy atom. The summed E-state index contributed by atoms with van der Waals surface area (Å²) in [7, 11) is 3.08. The molecule has 0 N–H and O–H groups in total. The van der Waals surface area contributed by atoms with Gasteiger partial charge in [0, 0.05) is 26.2 Å². The van der Waals surface area contributed by atoms with Gasteiger partial charge in [-0.1, -0.05) is 36.4 Å². The van der Waals surface area contributed by atoms with E-state index < -0.39 is 0 Å². The van der Waals surface area contributed by atoms with E-state index in [1.165, 1.54) is 14.2 Å². The molecular formula is C22H26N2O4. The molecule has 0 bridgehead atoms. The van der Waals surface area contributed by atoms with Gasteiger partial charge in [0.15, 0.2) is 0 Å². The third kappa shape index (κ3) is 4.44. The second-order valence-electron chi connectivity index (χ2n) is 6.73. The number of ether oxygens (including phenoxy) is 2. The fourth-order valence-corrected chi connectivity index (χ4v) is 3.47. The largest absolute Gasteiger partial charge is 0.496 e. The van der Waals surface area contributed by atoms with E-state index >= 15 is 0 Å². The van der Waals surface area contributed by atoms with E-state index in [4.69, 9.17) is 9.47 Å². The molecule has 6 heteroatoms. The van der Waals surface area contributed by atoms with Crippen molar-refractivity contribution in [2.24, 2.45) is 0 Å². The Morgan fingerprint density at radius 2 is 1.43 bits per heavy atom. The lowest BCUT2D eigenvalue weighted by molar-refractivity contribution is -0.130. The van der Waals surface area contributed by atoms with Crippen molar-refractivity contribution in [1.82, 2.24) is 9.80 Å². The molecule has 1 fully saturated rings. The lowest BCUT2D eigenvalue weighted by Gasteiger charge is -2.23. The van der Waals surface area contributed by atoms with Gasteiger partial charge in [0.25, 0.3) is 5.91 Å². The molecule has 2 aromatic carbocycles. The zero-order valence-corrected chi connectivity index (χ0v) is 16.4. The van der Waals surface area contributed by atoms with Gasteiger partial charge < -0.3 is 19.3 Å². The molecule has 6 nitrogen and oxygen atoms in total. The Bertz CT molecular complexity index is 800. The van der Waals surface area contributed by atoms with E-state index in [2.05, 4.69) is 0 Å². The molecule has 3 rings (SSSR count). The lowest BCUT2D eigenvalue weighted by Crippen LogP contribution is -2.38. The molecule has 1 heterocycles. The van der Waals surface area contributed by atoms with Gasteiger partial charge in [-0.05, 0) is 24.1 Å². The number of carbonyl (C=O) groups is 2. The molecule has 0 radical (unpaired) electrons. The summed E-state index contributed by atoms with van der Waals surface area (Å²) in [6, 6.07) is 15.0. The maximum atomic E-state index is 13.1. The number of nitrogens with zero attached hydrogens (tertiary/aromatic N) is 2. The molecule has 2 amide bonds. The number of rotatable bonds is 5. The smallest absolute Gasteiger partial charge is 0.261 e. The predicted molar refractivity (Wildman–Crippen MR) is 107 cm³/mol. The van der Waals surface area contributed by atoms with Crippen LogP contribution < -0.4 is 9.47 Å². The van der Waals surface area contributed by atoms with Crippen molar-refractivity contribution in [3.8, 4) is 11.5 Å². The van der Waals surface area contributed by atoms with Crippen molar-refractivity contribution in [3.05, 3.63) is 59.7 Å². The topological polar surface area (TPSA) is 59.1 Å². The van der Waals surface area contributed by atoms with Crippen molar-refractivity contribution >= 4 is 11.8 Å². The van der Waals surface area contributed by atoms with Crippen molar-refractivity contribution in [2.75, 3.05) is 40.4 Å². The van der Waals surface area contributed by atoms with E-state index in [9.17, 15) is 9.59 Å². The summed E-state index contributed by atoms with van der Waals surface area (Å²) in [5, 5.41) is 0. The van der Waals surface area contributed by atoms with Crippen LogP contribution in [-0.2, 0) is 11.2 Å². The monoisotopic (exact) mass is 382 g/mol. The molecule has 0 saturated carbocycles. The highest BCUT2D eigenvalue weighted by atomic mass is 16.5. The minimum atomic E-state index is -0.133. The van der Waals surface area contributed by atoms with Crippen LogP contribution in [0.5, 0.6) is 11.5 Å². The van der Waals surface area contributed by atoms with Crippen LogP contribution >= 0.6 is 0 Å². The van der Waals surface area contributed by atoms with Crippen LogP contribution in [0.4, 0.5) is 0 Å². The van der Waals surface area contributed by atoms with Gasteiger partial charge in [0.05, 0.1) is 20.6 Å². The van der Waals surface area contributed by atoms with Gasteiger partial charge in [-0.25, -0.2) is 0 Å². The predicted octanol–water partition coefficient (Wildman–Crippen LogP) is 2.62. The normalized spacial score (nSPS) is 14.4. The van der Waals surface area contributed by atoms with Gasteiger partial charge in [0.2, 0.25) is 5.91 Å². The van der Waals surface area contributed by atoms with Crippen LogP contribution in [0, 0.1) is 0 Å². The average Bonchev–Trinajstić information content (AvgIpc) is 2.99. The first-order valence-corrected chi connectivity index (χ1v) is 9.46. The summed E-state index contributed by atoms with van der Waals surface area (Å²) in [6.07, 6.45) is 1.12. The van der Waals surface area contributed by atoms with Crippen LogP contribution in [0.25, 0.3) is 0 Å². The van der Waals surface area contributed by atoms with E-state index in [1.54, 1.807) is 23.1 Å². The third-order valence-corrected chi connectivity index (χ3v) is 4.98. The van der Waals surface area contributed by atoms with Gasteiger partial charge in [-0.3, -0.25) is 9.59 Å². The summed E-state index contributed by atoms with van der Waals surface area (Å²) in [6.45, 7) is 2.25. The Morgan fingerprint density at radius 3 is 2.07 bits per heavy atom. The van der Waals surface area contributed by atoms with Gasteiger partial charge in [-0.2, -0.15) is 0 Å². The SMILES string of the molecule is COc1cccc(OC)c1C(=O)N1CCCN(C(=O)Cc2ccccc2)CC1. The lowest BCUT2D eigenvalue weighted by atomic mass is 10.1. The Balaban J connectivity index is 1.68. The highest BCUT2D eigenvalue weighted by Crippen LogP contribution is 2.29. The van der Waals surface area contributed by atoms with Crippen LogP contribution in [0.15, 0.2) is 48.5 Å². The van der Waals surface area contributed by atoms with E-state index in [0.29, 0.717) is 49.7 Å². The molecule has 0 atom stereocenters. The quantitative estimate of drug-likeness (QED) is 0.798. The summed E-state index contributed by atoms with van der Waals surface area (Å²) < 4.78 is 10.7. The van der Waals surface area contributed by atoms with Crippen LogP contribution in [-0.4, -0.2) is 62.0 Å². The third-order valence-electron chi connectivity index (χ3n) is 4.98. The first-order valence-electron chi connectivity index (χ1n) is 9.46. The Kier molecular flexibility index (Phi) is 6.53. The van der Waals surface area contributed by atoms with E-state index in [0.717, 1.165) is 12.0 Å². The molecule has 0 aromatic heterocycles. The average molecular weight is 382 g/mol. The molecule has 1 aliphatic heterocycles. The number of amides is 2. The summed E-state index contributed by atoms with van der Waals surface area (Å²) in [4.78, 5) is 29.4. The minimum absolute atomic E-state index is 0.0929. The van der Waals surface area contributed by atoms with E-state index in [-0.39, 0.29) is 11.8 Å². The molecule has 1 aliphatic rings. The number of methoxy groups -OCH3 is 2. The fourth-order valence-electron chi connectivity index (χ4n) is 3.47. The molecular weight excluding hydrogens is 356 g/mol. The number of carbonyl (C=O) groups excluding carboxylic acids is 2. The molecule has 148 valence electrons. The standard InChI is InChI=1S/C22H26N2O4/c1-27-18-10-6-11-19(28-2)21(18)22(26)24-13-7-12-23(14-15-24)20(25)16-17-8-4-3-5-9-17/h3-6,8-11H,7,12-16H2,1-2H3. The molecule has 1 saturated heterocycles. The summed E-state index contributed by atoms with van der Waals surface area (Å²) >= 11 is 0. The summed E-state index contributed by atoms with van der Waals surface area (Å²) in [5.74, 6) is 0.943. The fraction of sp³-hybridized carbons (Fsp3) is 0.364. The number of hydrogen-bond donors (Lipinski definition) is 0. The minimum Gasteiger partial charge on any atom is -0.496 e. The van der Waals surface area contributed by atoms with Gasteiger partial charge in [-0.15, -0.1) is 0 Å². The van der Waals surface area contributed by atoms with Gasteiger partial charge >= 0.3 is 0 Å². The molecule has 0 spiro atoms. The van der Waals surface area contributed by atoms with Crippen molar-refractivity contribution in [2.45, 2.75) is 12.8 Å². The first kappa shape index (κ1) is 19.7. The maximum absolute atomic E-state index is 13.1. The zero-order chi connectivity index (χ0) is 19.9. The highest BCUT2D eigenvalue weighted by Gasteiger charge is 2.27. The molecule has 2 aromatic rings. The summed E-state index contributed by atoms with van der Waals surface area (Å²) in [5.41, 5.74) is 1.43. The number of hydrogen-bond acceptors (Lipinski definition) is 4. The van der Waals surface area contributed by atoms with Gasteiger partial charge in [0.1, 0.15) is 17.1 Å². The maximum Gasteiger partial charge on any atom is 0.261 e.